The molecular weight excluding hydrogens is 314 g/mol. The summed E-state index contributed by atoms with van der Waals surface area (Å²) in [5, 5.41) is 0. The Hall–Kier alpha value is -1.32. The number of hydrogen-bond acceptors (Lipinski definition) is 2. The van der Waals surface area contributed by atoms with Crippen molar-refractivity contribution in [1.82, 2.24) is 0 Å². The molecule has 0 aliphatic heterocycles. The van der Waals surface area contributed by atoms with E-state index >= 15 is 0 Å². The molecule has 0 saturated heterocycles. The van der Waals surface area contributed by atoms with E-state index in [2.05, 4.69) is 41.9 Å². The fraction of sp³-hybridized carbons (Fsp3) is 0.294. The topological polar surface area (TPSA) is 35.2 Å². The van der Waals surface area contributed by atoms with Gasteiger partial charge >= 0.3 is 0 Å². The van der Waals surface area contributed by atoms with Crippen molar-refractivity contribution < 1.29 is 4.74 Å². The predicted octanol–water partition coefficient (Wildman–Crippen LogP) is 4.61. The van der Waals surface area contributed by atoms with Crippen LogP contribution in [0, 0.1) is 6.92 Å². The first kappa shape index (κ1) is 15.1. The van der Waals surface area contributed by atoms with E-state index in [0.29, 0.717) is 0 Å². The molecular formula is C17H20BrNO. The minimum absolute atomic E-state index is 0.0387. The molecule has 0 radical (unpaired) electrons. The highest BCUT2D eigenvalue weighted by molar-refractivity contribution is 9.10. The van der Waals surface area contributed by atoms with Crippen LogP contribution >= 0.6 is 15.9 Å². The van der Waals surface area contributed by atoms with Crippen LogP contribution in [0.1, 0.15) is 30.6 Å². The molecule has 106 valence electrons. The van der Waals surface area contributed by atoms with Gasteiger partial charge in [0.25, 0.3) is 0 Å². The molecule has 0 aromatic heterocycles. The lowest BCUT2D eigenvalue weighted by Gasteiger charge is -2.26. The maximum atomic E-state index is 6.28. The third kappa shape index (κ3) is 3.41. The first-order valence-corrected chi connectivity index (χ1v) is 7.65. The Balaban J connectivity index is 2.35. The Bertz CT molecular complexity index is 570. The summed E-state index contributed by atoms with van der Waals surface area (Å²) < 4.78 is 7.14. The molecule has 0 aliphatic rings. The van der Waals surface area contributed by atoms with E-state index in [1.54, 1.807) is 0 Å². The minimum Gasteiger partial charge on any atom is -0.483 e. The summed E-state index contributed by atoms with van der Waals surface area (Å²) in [7, 11) is 0. The van der Waals surface area contributed by atoms with Gasteiger partial charge in [-0.25, -0.2) is 0 Å². The number of benzene rings is 2. The molecule has 2 rings (SSSR count). The van der Waals surface area contributed by atoms with Gasteiger partial charge in [-0.2, -0.15) is 0 Å². The van der Waals surface area contributed by atoms with Gasteiger partial charge in [-0.3, -0.25) is 0 Å². The van der Waals surface area contributed by atoms with E-state index < -0.39 is 0 Å². The maximum absolute atomic E-state index is 6.28. The largest absolute Gasteiger partial charge is 0.483 e. The molecule has 0 amide bonds. The van der Waals surface area contributed by atoms with Crippen LogP contribution in [0.4, 0.5) is 0 Å². The summed E-state index contributed by atoms with van der Waals surface area (Å²) in [6, 6.07) is 16.1. The van der Waals surface area contributed by atoms with Crippen molar-refractivity contribution in [3.8, 4) is 5.75 Å². The molecule has 3 heteroatoms. The Morgan fingerprint density at radius 2 is 1.75 bits per heavy atom. The van der Waals surface area contributed by atoms with Gasteiger partial charge in [0.2, 0.25) is 0 Å². The van der Waals surface area contributed by atoms with Gasteiger partial charge in [0.05, 0.1) is 4.47 Å². The van der Waals surface area contributed by atoms with E-state index in [1.807, 2.05) is 36.4 Å². The van der Waals surface area contributed by atoms with Gasteiger partial charge in [0.15, 0.2) is 0 Å². The molecule has 2 aromatic carbocycles. The van der Waals surface area contributed by atoms with Gasteiger partial charge in [-0.05, 0) is 52.5 Å². The van der Waals surface area contributed by atoms with Crippen molar-refractivity contribution in [2.45, 2.75) is 32.4 Å². The van der Waals surface area contributed by atoms with Crippen LogP contribution < -0.4 is 10.5 Å². The van der Waals surface area contributed by atoms with Gasteiger partial charge in [-0.15, -0.1) is 0 Å². The molecule has 2 nitrogen and oxygen atoms in total. The van der Waals surface area contributed by atoms with E-state index in [1.165, 1.54) is 5.56 Å². The molecule has 0 bridgehead atoms. The Morgan fingerprint density at radius 1 is 1.10 bits per heavy atom. The molecule has 2 aromatic rings. The lowest BCUT2D eigenvalue weighted by Crippen LogP contribution is -2.32. The second-order valence-corrected chi connectivity index (χ2v) is 5.75. The molecule has 2 atom stereocenters. The number of hydrogen-bond donors (Lipinski definition) is 1. The number of rotatable bonds is 5. The third-order valence-electron chi connectivity index (χ3n) is 3.45. The fourth-order valence-corrected chi connectivity index (χ4v) is 2.56. The highest BCUT2D eigenvalue weighted by Crippen LogP contribution is 2.32. The minimum atomic E-state index is -0.139. The van der Waals surface area contributed by atoms with Crippen molar-refractivity contribution >= 4 is 15.9 Å². The van der Waals surface area contributed by atoms with Crippen molar-refractivity contribution in [2.75, 3.05) is 0 Å². The van der Waals surface area contributed by atoms with Crippen LogP contribution in [0.5, 0.6) is 5.75 Å². The van der Waals surface area contributed by atoms with E-state index in [9.17, 15) is 0 Å². The van der Waals surface area contributed by atoms with Crippen LogP contribution in [0.25, 0.3) is 0 Å². The molecule has 0 fully saturated rings. The monoisotopic (exact) mass is 333 g/mol. The standard InChI is InChI=1S/C17H20BrNO/c1-3-15(19)17(13-9-5-4-8-12(13)2)20-16-11-7-6-10-14(16)18/h4-11,15,17H,3,19H2,1-2H3. The number of ether oxygens (including phenoxy) is 1. The average Bonchev–Trinajstić information content (AvgIpc) is 2.47. The summed E-state index contributed by atoms with van der Waals surface area (Å²) in [5.74, 6) is 0.824. The lowest BCUT2D eigenvalue weighted by atomic mass is 9.97. The first-order valence-electron chi connectivity index (χ1n) is 6.85. The third-order valence-corrected chi connectivity index (χ3v) is 4.10. The van der Waals surface area contributed by atoms with Crippen LogP contribution in [-0.2, 0) is 0 Å². The van der Waals surface area contributed by atoms with Crippen molar-refractivity contribution in [1.29, 1.82) is 0 Å². The molecule has 0 heterocycles. The van der Waals surface area contributed by atoms with E-state index in [-0.39, 0.29) is 12.1 Å². The van der Waals surface area contributed by atoms with Crippen LogP contribution in [0.3, 0.4) is 0 Å². The van der Waals surface area contributed by atoms with Crippen LogP contribution in [0.2, 0.25) is 0 Å². The maximum Gasteiger partial charge on any atom is 0.139 e. The number of halogens is 1. The first-order chi connectivity index (χ1) is 9.63. The number of aryl methyl sites for hydroxylation is 1. The fourth-order valence-electron chi connectivity index (χ4n) is 2.18. The molecule has 20 heavy (non-hydrogen) atoms. The molecule has 2 unspecified atom stereocenters. The van der Waals surface area contributed by atoms with Gasteiger partial charge in [-0.1, -0.05) is 43.3 Å². The summed E-state index contributed by atoms with van der Waals surface area (Å²) >= 11 is 3.52. The van der Waals surface area contributed by atoms with E-state index in [4.69, 9.17) is 10.5 Å². The van der Waals surface area contributed by atoms with Gasteiger partial charge in [0, 0.05) is 6.04 Å². The molecule has 0 aliphatic carbocycles. The Morgan fingerprint density at radius 3 is 2.40 bits per heavy atom. The van der Waals surface area contributed by atoms with E-state index in [0.717, 1.165) is 22.2 Å². The summed E-state index contributed by atoms with van der Waals surface area (Å²) in [4.78, 5) is 0. The summed E-state index contributed by atoms with van der Waals surface area (Å²) in [5.41, 5.74) is 8.63. The smallest absolute Gasteiger partial charge is 0.139 e. The lowest BCUT2D eigenvalue weighted by molar-refractivity contribution is 0.169. The van der Waals surface area contributed by atoms with Crippen molar-refractivity contribution in [3.63, 3.8) is 0 Å². The zero-order valence-electron chi connectivity index (χ0n) is 11.8. The Labute approximate surface area is 129 Å². The van der Waals surface area contributed by atoms with Gasteiger partial charge < -0.3 is 10.5 Å². The second kappa shape index (κ2) is 6.91. The summed E-state index contributed by atoms with van der Waals surface area (Å²) in [6.07, 6.45) is 0.726. The zero-order valence-corrected chi connectivity index (χ0v) is 13.4. The SMILES string of the molecule is CCC(N)C(Oc1ccccc1Br)c1ccccc1C. The van der Waals surface area contributed by atoms with Crippen LogP contribution in [-0.4, -0.2) is 6.04 Å². The highest BCUT2D eigenvalue weighted by Gasteiger charge is 2.22. The van der Waals surface area contributed by atoms with Gasteiger partial charge in [0.1, 0.15) is 11.9 Å². The predicted molar refractivity (Wildman–Crippen MR) is 87.0 cm³/mol. The van der Waals surface area contributed by atoms with Crippen LogP contribution in [0.15, 0.2) is 53.0 Å². The molecule has 0 saturated carbocycles. The molecule has 0 spiro atoms. The van der Waals surface area contributed by atoms with Crippen molar-refractivity contribution in [3.05, 3.63) is 64.1 Å². The molecule has 2 N–H and O–H groups in total. The highest BCUT2D eigenvalue weighted by atomic mass is 79.9. The zero-order chi connectivity index (χ0) is 14.5. The quantitative estimate of drug-likeness (QED) is 0.866. The normalized spacial score (nSPS) is 13.8. The Kier molecular flexibility index (Phi) is 5.21. The number of para-hydroxylation sites is 1. The second-order valence-electron chi connectivity index (χ2n) is 4.90. The summed E-state index contributed by atoms with van der Waals surface area (Å²) in [6.45, 7) is 4.17. The number of nitrogens with two attached hydrogens (primary N) is 1. The average molecular weight is 334 g/mol. The van der Waals surface area contributed by atoms with Crippen molar-refractivity contribution in [2.24, 2.45) is 5.73 Å².